The van der Waals surface area contributed by atoms with E-state index in [0.29, 0.717) is 5.75 Å². The molecule has 2 rings (SSSR count). The Bertz CT molecular complexity index is 431. The van der Waals surface area contributed by atoms with Gasteiger partial charge in [-0.25, -0.2) is 0 Å². The number of carbonyl (C=O) groups excluding carboxylic acids is 1. The van der Waals surface area contributed by atoms with Crippen LogP contribution in [0, 0.1) is 0 Å². The molecule has 1 aromatic carbocycles. The Morgan fingerprint density at radius 1 is 1.59 bits per heavy atom. The molecule has 0 aromatic heterocycles. The SMILES string of the molecule is COC(=O)C(C)NC1CCc2cc(O)ccc21. The van der Waals surface area contributed by atoms with E-state index in [1.54, 1.807) is 19.1 Å². The van der Waals surface area contributed by atoms with Gasteiger partial charge in [-0.1, -0.05) is 6.07 Å². The summed E-state index contributed by atoms with van der Waals surface area (Å²) in [5.41, 5.74) is 2.32. The van der Waals surface area contributed by atoms with Gasteiger partial charge in [0.25, 0.3) is 0 Å². The number of ether oxygens (including phenoxy) is 1. The van der Waals surface area contributed by atoms with E-state index in [-0.39, 0.29) is 18.1 Å². The Hall–Kier alpha value is -1.55. The van der Waals surface area contributed by atoms with Crippen molar-refractivity contribution in [1.29, 1.82) is 0 Å². The lowest BCUT2D eigenvalue weighted by Crippen LogP contribution is -2.36. The second kappa shape index (κ2) is 4.75. The molecule has 1 aliphatic carbocycles. The van der Waals surface area contributed by atoms with Crippen molar-refractivity contribution in [3.05, 3.63) is 29.3 Å². The third kappa shape index (κ3) is 2.42. The Balaban J connectivity index is 2.09. The molecule has 92 valence electrons. The van der Waals surface area contributed by atoms with Crippen molar-refractivity contribution < 1.29 is 14.6 Å². The minimum absolute atomic E-state index is 0.166. The lowest BCUT2D eigenvalue weighted by molar-refractivity contribution is -0.142. The van der Waals surface area contributed by atoms with Gasteiger partial charge in [0.2, 0.25) is 0 Å². The molecular weight excluding hydrogens is 218 g/mol. The monoisotopic (exact) mass is 235 g/mol. The second-order valence-corrected chi connectivity index (χ2v) is 4.39. The smallest absolute Gasteiger partial charge is 0.322 e. The number of phenolic OH excluding ortho intramolecular Hbond substituents is 1. The molecule has 0 saturated heterocycles. The van der Waals surface area contributed by atoms with Crippen LogP contribution in [0.1, 0.15) is 30.5 Å². The average Bonchev–Trinajstić information content (AvgIpc) is 2.70. The maximum absolute atomic E-state index is 11.3. The highest BCUT2D eigenvalue weighted by molar-refractivity contribution is 5.75. The molecule has 4 heteroatoms. The van der Waals surface area contributed by atoms with Crippen LogP contribution in [-0.2, 0) is 16.0 Å². The van der Waals surface area contributed by atoms with Gasteiger partial charge in [-0.05, 0) is 43.0 Å². The lowest BCUT2D eigenvalue weighted by Gasteiger charge is -2.18. The number of hydrogen-bond acceptors (Lipinski definition) is 4. The third-order valence-electron chi connectivity index (χ3n) is 3.21. The lowest BCUT2D eigenvalue weighted by atomic mass is 10.1. The van der Waals surface area contributed by atoms with Crippen LogP contribution >= 0.6 is 0 Å². The van der Waals surface area contributed by atoms with E-state index >= 15 is 0 Å². The van der Waals surface area contributed by atoms with Gasteiger partial charge in [-0.15, -0.1) is 0 Å². The first-order chi connectivity index (χ1) is 8.11. The summed E-state index contributed by atoms with van der Waals surface area (Å²) in [4.78, 5) is 11.3. The quantitative estimate of drug-likeness (QED) is 0.780. The van der Waals surface area contributed by atoms with Crippen molar-refractivity contribution in [2.45, 2.75) is 31.8 Å². The molecule has 0 aliphatic heterocycles. The van der Waals surface area contributed by atoms with E-state index in [1.165, 1.54) is 12.7 Å². The molecule has 2 atom stereocenters. The van der Waals surface area contributed by atoms with E-state index in [1.807, 2.05) is 6.07 Å². The van der Waals surface area contributed by atoms with Crippen molar-refractivity contribution in [2.24, 2.45) is 0 Å². The first kappa shape index (κ1) is 11.9. The molecular formula is C13H17NO3. The average molecular weight is 235 g/mol. The molecule has 0 amide bonds. The van der Waals surface area contributed by atoms with Crippen LogP contribution < -0.4 is 5.32 Å². The van der Waals surface area contributed by atoms with Gasteiger partial charge >= 0.3 is 5.97 Å². The number of rotatable bonds is 3. The first-order valence-electron chi connectivity index (χ1n) is 5.77. The van der Waals surface area contributed by atoms with Crippen molar-refractivity contribution in [1.82, 2.24) is 5.32 Å². The number of aromatic hydroxyl groups is 1. The maximum Gasteiger partial charge on any atom is 0.322 e. The predicted octanol–water partition coefficient (Wildman–Crippen LogP) is 1.53. The molecule has 0 fully saturated rings. The van der Waals surface area contributed by atoms with Gasteiger partial charge < -0.3 is 9.84 Å². The van der Waals surface area contributed by atoms with Crippen molar-refractivity contribution in [3.8, 4) is 5.75 Å². The molecule has 0 heterocycles. The fraction of sp³-hybridized carbons (Fsp3) is 0.462. The molecule has 0 spiro atoms. The highest BCUT2D eigenvalue weighted by Crippen LogP contribution is 2.33. The number of phenols is 1. The van der Waals surface area contributed by atoms with Gasteiger partial charge in [0, 0.05) is 6.04 Å². The minimum atomic E-state index is -0.315. The summed E-state index contributed by atoms with van der Waals surface area (Å²) in [6.07, 6.45) is 1.87. The number of carbonyl (C=O) groups is 1. The number of benzene rings is 1. The maximum atomic E-state index is 11.3. The topological polar surface area (TPSA) is 58.6 Å². The standard InChI is InChI=1S/C13H17NO3/c1-8(13(16)17-2)14-12-6-3-9-7-10(15)4-5-11(9)12/h4-5,7-8,12,14-15H,3,6H2,1-2H3. The summed E-state index contributed by atoms with van der Waals surface area (Å²) < 4.78 is 4.69. The summed E-state index contributed by atoms with van der Waals surface area (Å²) in [6, 6.07) is 5.24. The molecule has 17 heavy (non-hydrogen) atoms. The molecule has 1 aromatic rings. The van der Waals surface area contributed by atoms with Crippen LogP contribution in [0.25, 0.3) is 0 Å². The van der Waals surface area contributed by atoms with Crippen molar-refractivity contribution in [3.63, 3.8) is 0 Å². The molecule has 2 N–H and O–H groups in total. The predicted molar refractivity (Wildman–Crippen MR) is 63.8 cm³/mol. The van der Waals surface area contributed by atoms with E-state index in [0.717, 1.165) is 18.4 Å². The van der Waals surface area contributed by atoms with Crippen LogP contribution in [0.4, 0.5) is 0 Å². The fourth-order valence-corrected chi connectivity index (χ4v) is 2.32. The zero-order valence-electron chi connectivity index (χ0n) is 10.1. The summed E-state index contributed by atoms with van der Waals surface area (Å²) in [7, 11) is 1.39. The molecule has 0 bridgehead atoms. The molecule has 0 radical (unpaired) electrons. The number of nitrogens with one attached hydrogen (secondary N) is 1. The Kier molecular flexibility index (Phi) is 3.33. The number of fused-ring (bicyclic) bond motifs is 1. The Morgan fingerprint density at radius 3 is 3.06 bits per heavy atom. The van der Waals surface area contributed by atoms with E-state index in [2.05, 4.69) is 10.1 Å². The fourth-order valence-electron chi connectivity index (χ4n) is 2.32. The van der Waals surface area contributed by atoms with Crippen molar-refractivity contribution >= 4 is 5.97 Å². The summed E-state index contributed by atoms with van der Waals surface area (Å²) in [5, 5.41) is 12.6. The molecule has 4 nitrogen and oxygen atoms in total. The van der Waals surface area contributed by atoms with Crippen LogP contribution in [0.3, 0.4) is 0 Å². The van der Waals surface area contributed by atoms with Crippen LogP contribution in [-0.4, -0.2) is 24.2 Å². The van der Waals surface area contributed by atoms with E-state index in [4.69, 9.17) is 0 Å². The van der Waals surface area contributed by atoms with E-state index < -0.39 is 0 Å². The zero-order valence-corrected chi connectivity index (χ0v) is 10.1. The van der Waals surface area contributed by atoms with Gasteiger partial charge in [-0.2, -0.15) is 0 Å². The van der Waals surface area contributed by atoms with Gasteiger partial charge in [0.15, 0.2) is 0 Å². The highest BCUT2D eigenvalue weighted by Gasteiger charge is 2.26. The number of methoxy groups -OCH3 is 1. The second-order valence-electron chi connectivity index (χ2n) is 4.39. The number of hydrogen-bond donors (Lipinski definition) is 2. The number of aryl methyl sites for hydroxylation is 1. The van der Waals surface area contributed by atoms with Gasteiger partial charge in [0.1, 0.15) is 11.8 Å². The minimum Gasteiger partial charge on any atom is -0.508 e. The normalized spacial score (nSPS) is 19.8. The summed E-state index contributed by atoms with van der Waals surface area (Å²) in [5.74, 6) is 0.0441. The van der Waals surface area contributed by atoms with E-state index in [9.17, 15) is 9.90 Å². The molecule has 2 unspecified atom stereocenters. The summed E-state index contributed by atoms with van der Waals surface area (Å²) >= 11 is 0. The summed E-state index contributed by atoms with van der Waals surface area (Å²) in [6.45, 7) is 1.80. The van der Waals surface area contributed by atoms with Crippen molar-refractivity contribution in [2.75, 3.05) is 7.11 Å². The number of esters is 1. The van der Waals surface area contributed by atoms with Gasteiger partial charge in [0.05, 0.1) is 7.11 Å². The van der Waals surface area contributed by atoms with Crippen LogP contribution in [0.2, 0.25) is 0 Å². The van der Waals surface area contributed by atoms with Crippen LogP contribution in [0.15, 0.2) is 18.2 Å². The Morgan fingerprint density at radius 2 is 2.35 bits per heavy atom. The Labute approximate surface area is 101 Å². The highest BCUT2D eigenvalue weighted by atomic mass is 16.5. The zero-order chi connectivity index (χ0) is 12.4. The van der Waals surface area contributed by atoms with Gasteiger partial charge in [-0.3, -0.25) is 10.1 Å². The largest absolute Gasteiger partial charge is 0.508 e. The molecule has 0 saturated carbocycles. The molecule has 1 aliphatic rings. The first-order valence-corrected chi connectivity index (χ1v) is 5.77. The van der Waals surface area contributed by atoms with Crippen LogP contribution in [0.5, 0.6) is 5.75 Å². The third-order valence-corrected chi connectivity index (χ3v) is 3.21.